The SMILES string of the molecule is CCCNCc1ccc(-n2ccc(C(C)C)n2)c(C#N)c1. The van der Waals surface area contributed by atoms with E-state index in [0.29, 0.717) is 11.5 Å². The number of benzene rings is 1. The normalized spacial score (nSPS) is 10.8. The van der Waals surface area contributed by atoms with Crippen LogP contribution in [0.1, 0.15) is 49.9 Å². The smallest absolute Gasteiger partial charge is 0.101 e. The minimum absolute atomic E-state index is 0.384. The third-order valence-corrected chi connectivity index (χ3v) is 3.39. The average Bonchev–Trinajstić information content (AvgIpc) is 2.97. The van der Waals surface area contributed by atoms with Gasteiger partial charge in [0, 0.05) is 12.7 Å². The topological polar surface area (TPSA) is 53.6 Å². The van der Waals surface area contributed by atoms with E-state index in [-0.39, 0.29) is 0 Å². The highest BCUT2D eigenvalue weighted by atomic mass is 15.3. The van der Waals surface area contributed by atoms with Crippen molar-refractivity contribution in [3.8, 4) is 11.8 Å². The van der Waals surface area contributed by atoms with Gasteiger partial charge in [-0.1, -0.05) is 26.8 Å². The van der Waals surface area contributed by atoms with Crippen LogP contribution in [-0.4, -0.2) is 16.3 Å². The van der Waals surface area contributed by atoms with E-state index in [1.807, 2.05) is 24.4 Å². The van der Waals surface area contributed by atoms with Crippen LogP contribution in [0.3, 0.4) is 0 Å². The molecule has 21 heavy (non-hydrogen) atoms. The monoisotopic (exact) mass is 282 g/mol. The predicted molar refractivity (Wildman–Crippen MR) is 84.4 cm³/mol. The van der Waals surface area contributed by atoms with E-state index in [0.717, 1.165) is 36.5 Å². The summed E-state index contributed by atoms with van der Waals surface area (Å²) in [7, 11) is 0. The maximum atomic E-state index is 9.38. The minimum atomic E-state index is 0.384. The van der Waals surface area contributed by atoms with Crippen LogP contribution in [0.5, 0.6) is 0 Å². The lowest BCUT2D eigenvalue weighted by Crippen LogP contribution is -2.14. The fourth-order valence-corrected chi connectivity index (χ4v) is 2.17. The van der Waals surface area contributed by atoms with Gasteiger partial charge in [-0.3, -0.25) is 0 Å². The highest BCUT2D eigenvalue weighted by Gasteiger charge is 2.09. The molecule has 0 aliphatic rings. The summed E-state index contributed by atoms with van der Waals surface area (Å²) in [6.07, 6.45) is 3.02. The number of aromatic nitrogens is 2. The molecule has 4 nitrogen and oxygen atoms in total. The van der Waals surface area contributed by atoms with Crippen LogP contribution >= 0.6 is 0 Å². The summed E-state index contributed by atoms with van der Waals surface area (Å²) < 4.78 is 1.79. The number of rotatable bonds is 6. The predicted octanol–water partition coefficient (Wildman–Crippen LogP) is 3.37. The Bertz CT molecular complexity index is 634. The second kappa shape index (κ2) is 7.05. The van der Waals surface area contributed by atoms with Gasteiger partial charge in [0.05, 0.1) is 16.9 Å². The molecule has 1 N–H and O–H groups in total. The molecule has 0 radical (unpaired) electrons. The van der Waals surface area contributed by atoms with E-state index in [9.17, 15) is 5.26 Å². The van der Waals surface area contributed by atoms with Gasteiger partial charge < -0.3 is 5.32 Å². The maximum absolute atomic E-state index is 9.38. The van der Waals surface area contributed by atoms with Crippen LogP contribution in [0.4, 0.5) is 0 Å². The zero-order chi connectivity index (χ0) is 15.2. The second-order valence-corrected chi connectivity index (χ2v) is 5.48. The van der Waals surface area contributed by atoms with E-state index in [2.05, 4.69) is 43.3 Å². The molecule has 0 amide bonds. The van der Waals surface area contributed by atoms with Crippen molar-refractivity contribution in [2.75, 3.05) is 6.54 Å². The fraction of sp³-hybridized carbons (Fsp3) is 0.412. The van der Waals surface area contributed by atoms with Gasteiger partial charge in [-0.2, -0.15) is 10.4 Å². The van der Waals surface area contributed by atoms with Crippen molar-refractivity contribution >= 4 is 0 Å². The summed E-state index contributed by atoms with van der Waals surface area (Å²) in [4.78, 5) is 0. The van der Waals surface area contributed by atoms with Crippen molar-refractivity contribution in [1.29, 1.82) is 5.26 Å². The van der Waals surface area contributed by atoms with E-state index in [4.69, 9.17) is 0 Å². The molecule has 0 unspecified atom stereocenters. The van der Waals surface area contributed by atoms with Gasteiger partial charge >= 0.3 is 0 Å². The highest BCUT2D eigenvalue weighted by molar-refractivity contribution is 5.50. The Hall–Kier alpha value is -2.12. The Morgan fingerprint density at radius 1 is 1.33 bits per heavy atom. The van der Waals surface area contributed by atoms with Gasteiger partial charge in [0.15, 0.2) is 0 Å². The van der Waals surface area contributed by atoms with Gasteiger partial charge in [0.1, 0.15) is 6.07 Å². The lowest BCUT2D eigenvalue weighted by Gasteiger charge is -2.08. The van der Waals surface area contributed by atoms with E-state index < -0.39 is 0 Å². The summed E-state index contributed by atoms with van der Waals surface area (Å²) in [5.41, 5.74) is 3.65. The Balaban J connectivity index is 2.25. The first-order chi connectivity index (χ1) is 10.2. The first kappa shape index (κ1) is 15.3. The molecule has 0 aliphatic heterocycles. The molecule has 1 aromatic carbocycles. The van der Waals surface area contributed by atoms with Crippen LogP contribution in [-0.2, 0) is 6.54 Å². The molecule has 0 saturated carbocycles. The quantitative estimate of drug-likeness (QED) is 0.826. The Morgan fingerprint density at radius 3 is 2.76 bits per heavy atom. The van der Waals surface area contributed by atoms with Gasteiger partial charge in [-0.05, 0) is 42.6 Å². The first-order valence-electron chi connectivity index (χ1n) is 7.45. The van der Waals surface area contributed by atoms with Crippen molar-refractivity contribution in [1.82, 2.24) is 15.1 Å². The average molecular weight is 282 g/mol. The van der Waals surface area contributed by atoms with Crippen molar-refractivity contribution in [3.63, 3.8) is 0 Å². The Morgan fingerprint density at radius 2 is 2.14 bits per heavy atom. The molecule has 110 valence electrons. The molecule has 0 atom stereocenters. The van der Waals surface area contributed by atoms with Crippen LogP contribution < -0.4 is 5.32 Å². The van der Waals surface area contributed by atoms with E-state index >= 15 is 0 Å². The third-order valence-electron chi connectivity index (χ3n) is 3.39. The molecule has 0 spiro atoms. The minimum Gasteiger partial charge on any atom is -0.313 e. The number of hydrogen-bond donors (Lipinski definition) is 1. The molecular formula is C17H22N4. The number of hydrogen-bond acceptors (Lipinski definition) is 3. The van der Waals surface area contributed by atoms with Crippen molar-refractivity contribution in [2.24, 2.45) is 0 Å². The van der Waals surface area contributed by atoms with Gasteiger partial charge in [-0.15, -0.1) is 0 Å². The standard InChI is InChI=1S/C17H22N4/c1-4-8-19-12-14-5-6-17(15(10-14)11-18)21-9-7-16(20-21)13(2)3/h5-7,9-10,13,19H,4,8,12H2,1-3H3. The summed E-state index contributed by atoms with van der Waals surface area (Å²) in [5, 5.41) is 17.3. The lowest BCUT2D eigenvalue weighted by molar-refractivity contribution is 0.675. The Kier molecular flexibility index (Phi) is 5.13. The Labute approximate surface area is 126 Å². The summed E-state index contributed by atoms with van der Waals surface area (Å²) in [6, 6.07) is 10.2. The molecule has 1 aromatic heterocycles. The summed E-state index contributed by atoms with van der Waals surface area (Å²) in [5.74, 6) is 0.384. The maximum Gasteiger partial charge on any atom is 0.101 e. The van der Waals surface area contributed by atoms with Crippen LogP contribution in [0.15, 0.2) is 30.5 Å². The molecule has 0 saturated heterocycles. The molecule has 0 fully saturated rings. The number of nitrogens with one attached hydrogen (secondary N) is 1. The van der Waals surface area contributed by atoms with Crippen molar-refractivity contribution in [2.45, 2.75) is 39.7 Å². The van der Waals surface area contributed by atoms with Crippen LogP contribution in [0, 0.1) is 11.3 Å². The van der Waals surface area contributed by atoms with E-state index in [1.165, 1.54) is 0 Å². The highest BCUT2D eigenvalue weighted by Crippen LogP contribution is 2.18. The zero-order valence-electron chi connectivity index (χ0n) is 12.9. The van der Waals surface area contributed by atoms with Crippen molar-refractivity contribution < 1.29 is 0 Å². The van der Waals surface area contributed by atoms with Gasteiger partial charge in [0.25, 0.3) is 0 Å². The summed E-state index contributed by atoms with van der Waals surface area (Å²) >= 11 is 0. The zero-order valence-corrected chi connectivity index (χ0v) is 12.9. The molecule has 2 aromatic rings. The summed E-state index contributed by atoms with van der Waals surface area (Å²) in [6.45, 7) is 8.14. The van der Waals surface area contributed by atoms with E-state index in [1.54, 1.807) is 4.68 Å². The molecule has 4 heteroatoms. The van der Waals surface area contributed by atoms with Gasteiger partial charge in [0.2, 0.25) is 0 Å². The molecule has 1 heterocycles. The van der Waals surface area contributed by atoms with Crippen LogP contribution in [0.25, 0.3) is 5.69 Å². The van der Waals surface area contributed by atoms with Gasteiger partial charge in [-0.25, -0.2) is 4.68 Å². The fourth-order valence-electron chi connectivity index (χ4n) is 2.17. The number of nitriles is 1. The second-order valence-electron chi connectivity index (χ2n) is 5.48. The van der Waals surface area contributed by atoms with Crippen LogP contribution in [0.2, 0.25) is 0 Å². The molecule has 0 bridgehead atoms. The largest absolute Gasteiger partial charge is 0.313 e. The van der Waals surface area contributed by atoms with Crippen molar-refractivity contribution in [3.05, 3.63) is 47.3 Å². The number of nitrogens with zero attached hydrogens (tertiary/aromatic N) is 3. The lowest BCUT2D eigenvalue weighted by atomic mass is 10.1. The third kappa shape index (κ3) is 3.71. The molecule has 0 aliphatic carbocycles. The first-order valence-corrected chi connectivity index (χ1v) is 7.45. The molecular weight excluding hydrogens is 260 g/mol. The molecule has 2 rings (SSSR count).